The van der Waals surface area contributed by atoms with E-state index in [1.54, 1.807) is 25.2 Å². The molecular weight excluding hydrogens is 450 g/mol. The van der Waals surface area contributed by atoms with E-state index < -0.39 is 10.0 Å². The Morgan fingerprint density at radius 3 is 2.03 bits per heavy atom. The Hall–Kier alpha value is -3.65. The molecule has 0 radical (unpaired) electrons. The van der Waals surface area contributed by atoms with E-state index in [4.69, 9.17) is 0 Å². The van der Waals surface area contributed by atoms with Crippen molar-refractivity contribution in [2.45, 2.75) is 32.6 Å². The van der Waals surface area contributed by atoms with E-state index in [-0.39, 0.29) is 23.3 Å². The Labute approximate surface area is 200 Å². The van der Waals surface area contributed by atoms with Crippen LogP contribution in [0.2, 0.25) is 0 Å². The van der Waals surface area contributed by atoms with Crippen LogP contribution in [0.4, 0.5) is 11.4 Å². The predicted octanol–water partition coefficient (Wildman–Crippen LogP) is 4.43. The molecule has 3 aromatic carbocycles. The maximum Gasteiger partial charge on any atom is 0.261 e. The second-order valence-corrected chi connectivity index (χ2v) is 10.1. The minimum atomic E-state index is -3.75. The minimum absolute atomic E-state index is 0.117. The molecule has 8 heteroatoms. The zero-order valence-corrected chi connectivity index (χ0v) is 20.8. The van der Waals surface area contributed by atoms with Gasteiger partial charge in [0.15, 0.2) is 0 Å². The zero-order valence-electron chi connectivity index (χ0n) is 20.0. The summed E-state index contributed by atoms with van der Waals surface area (Å²) in [6, 6.07) is 16.8. The quantitative estimate of drug-likeness (QED) is 0.524. The Kier molecular flexibility index (Phi) is 7.41. The molecule has 0 saturated carbocycles. The molecule has 0 aliphatic heterocycles. The maximum atomic E-state index is 12.8. The van der Waals surface area contributed by atoms with Crippen LogP contribution in [0.3, 0.4) is 0 Å². The number of anilines is 2. The van der Waals surface area contributed by atoms with Crippen molar-refractivity contribution in [1.29, 1.82) is 0 Å². The first kappa shape index (κ1) is 25.0. The van der Waals surface area contributed by atoms with E-state index in [0.717, 1.165) is 27.9 Å². The number of hydrogen-bond donors (Lipinski definition) is 2. The third kappa shape index (κ3) is 5.82. The SMILES string of the molecule is Cc1ccc(S(=O)(=O)Nc2ccc(C(=O)N(C)CC(=O)Nc3c(C)cccc3C)cc2)cc1C. The highest BCUT2D eigenvalue weighted by atomic mass is 32.2. The van der Waals surface area contributed by atoms with Crippen molar-refractivity contribution in [3.63, 3.8) is 0 Å². The number of amides is 2. The van der Waals surface area contributed by atoms with Crippen molar-refractivity contribution >= 4 is 33.2 Å². The van der Waals surface area contributed by atoms with Gasteiger partial charge >= 0.3 is 0 Å². The fourth-order valence-electron chi connectivity index (χ4n) is 3.47. The van der Waals surface area contributed by atoms with Gasteiger partial charge in [-0.2, -0.15) is 0 Å². The van der Waals surface area contributed by atoms with Crippen molar-refractivity contribution in [3.05, 3.63) is 88.5 Å². The number of nitrogens with one attached hydrogen (secondary N) is 2. The third-order valence-electron chi connectivity index (χ3n) is 5.65. The van der Waals surface area contributed by atoms with Crippen LogP contribution in [0, 0.1) is 27.7 Å². The van der Waals surface area contributed by atoms with Gasteiger partial charge in [0.1, 0.15) is 0 Å². The summed E-state index contributed by atoms with van der Waals surface area (Å²) in [5.74, 6) is -0.647. The van der Waals surface area contributed by atoms with Gasteiger partial charge in [0.05, 0.1) is 11.4 Å². The number of carbonyl (C=O) groups excluding carboxylic acids is 2. The van der Waals surface area contributed by atoms with Gasteiger partial charge in [0, 0.05) is 24.0 Å². The van der Waals surface area contributed by atoms with Crippen LogP contribution < -0.4 is 10.0 Å². The monoisotopic (exact) mass is 479 g/mol. The van der Waals surface area contributed by atoms with Crippen LogP contribution in [-0.4, -0.2) is 38.7 Å². The molecule has 7 nitrogen and oxygen atoms in total. The van der Waals surface area contributed by atoms with E-state index in [1.165, 1.54) is 29.2 Å². The molecule has 0 heterocycles. The van der Waals surface area contributed by atoms with Crippen LogP contribution in [0.25, 0.3) is 0 Å². The normalized spacial score (nSPS) is 11.1. The van der Waals surface area contributed by atoms with Crippen molar-refractivity contribution in [1.82, 2.24) is 4.90 Å². The average Bonchev–Trinajstić information content (AvgIpc) is 2.78. The number of likely N-dealkylation sites (N-methyl/N-ethyl adjacent to an activating group) is 1. The fraction of sp³-hybridized carbons (Fsp3) is 0.231. The standard InChI is InChI=1S/C26H29N3O4S/c1-17-9-14-23(15-20(17)4)34(32,33)28-22-12-10-21(11-13-22)26(31)29(5)16-24(30)27-25-18(2)7-6-8-19(25)3/h6-15,28H,16H2,1-5H3,(H,27,30). The van der Waals surface area contributed by atoms with Crippen LogP contribution in [-0.2, 0) is 14.8 Å². The number of aryl methyl sites for hydroxylation is 4. The lowest BCUT2D eigenvalue weighted by Crippen LogP contribution is -2.35. The summed E-state index contributed by atoms with van der Waals surface area (Å²) in [5, 5.41) is 2.86. The Bertz CT molecular complexity index is 1310. The molecule has 3 aromatic rings. The van der Waals surface area contributed by atoms with Crippen LogP contribution in [0.15, 0.2) is 65.6 Å². The van der Waals surface area contributed by atoms with Gasteiger partial charge in [0.25, 0.3) is 15.9 Å². The molecule has 0 saturated heterocycles. The molecule has 0 aliphatic carbocycles. The van der Waals surface area contributed by atoms with E-state index in [0.29, 0.717) is 11.3 Å². The number of carbonyl (C=O) groups is 2. The first-order valence-electron chi connectivity index (χ1n) is 10.8. The number of sulfonamides is 1. The van der Waals surface area contributed by atoms with Gasteiger partial charge in [-0.25, -0.2) is 8.42 Å². The number of para-hydroxylation sites is 1. The number of benzene rings is 3. The van der Waals surface area contributed by atoms with Crippen molar-refractivity contribution in [3.8, 4) is 0 Å². The molecular formula is C26H29N3O4S. The van der Waals surface area contributed by atoms with Crippen molar-refractivity contribution in [2.24, 2.45) is 0 Å². The molecule has 0 aromatic heterocycles. The fourth-order valence-corrected chi connectivity index (χ4v) is 4.62. The van der Waals surface area contributed by atoms with Gasteiger partial charge in [-0.05, 0) is 86.3 Å². The van der Waals surface area contributed by atoms with E-state index in [2.05, 4.69) is 10.0 Å². The molecule has 0 bridgehead atoms. The highest BCUT2D eigenvalue weighted by Crippen LogP contribution is 2.21. The summed E-state index contributed by atoms with van der Waals surface area (Å²) in [7, 11) is -2.21. The molecule has 0 spiro atoms. The van der Waals surface area contributed by atoms with Gasteiger partial charge in [-0.1, -0.05) is 24.3 Å². The second-order valence-electron chi connectivity index (χ2n) is 8.41. The molecule has 3 rings (SSSR count). The Morgan fingerprint density at radius 2 is 1.44 bits per heavy atom. The van der Waals surface area contributed by atoms with E-state index >= 15 is 0 Å². The summed E-state index contributed by atoms with van der Waals surface area (Å²) < 4.78 is 27.9. The van der Waals surface area contributed by atoms with E-state index in [9.17, 15) is 18.0 Å². The van der Waals surface area contributed by atoms with Crippen molar-refractivity contribution < 1.29 is 18.0 Å². The molecule has 2 amide bonds. The number of rotatable bonds is 7. The van der Waals surface area contributed by atoms with Gasteiger partial charge in [-0.3, -0.25) is 14.3 Å². The summed E-state index contributed by atoms with van der Waals surface area (Å²) in [5.41, 5.74) is 5.21. The highest BCUT2D eigenvalue weighted by Gasteiger charge is 2.18. The number of nitrogens with zero attached hydrogens (tertiary/aromatic N) is 1. The first-order chi connectivity index (χ1) is 16.0. The lowest BCUT2D eigenvalue weighted by molar-refractivity contribution is -0.116. The smallest absolute Gasteiger partial charge is 0.261 e. The molecule has 0 aliphatic rings. The molecule has 34 heavy (non-hydrogen) atoms. The highest BCUT2D eigenvalue weighted by molar-refractivity contribution is 7.92. The van der Waals surface area contributed by atoms with Crippen LogP contribution in [0.1, 0.15) is 32.6 Å². The van der Waals surface area contributed by atoms with Gasteiger partial charge in [-0.15, -0.1) is 0 Å². The summed E-state index contributed by atoms with van der Waals surface area (Å²) in [6.45, 7) is 7.47. The van der Waals surface area contributed by atoms with E-state index in [1.807, 2.05) is 45.9 Å². The Morgan fingerprint density at radius 1 is 0.824 bits per heavy atom. The molecule has 2 N–H and O–H groups in total. The average molecular weight is 480 g/mol. The molecule has 0 unspecified atom stereocenters. The maximum absolute atomic E-state index is 12.8. The van der Waals surface area contributed by atoms with Gasteiger partial charge in [0.2, 0.25) is 5.91 Å². The topological polar surface area (TPSA) is 95.6 Å². The zero-order chi connectivity index (χ0) is 25.0. The second kappa shape index (κ2) is 10.1. The predicted molar refractivity (Wildman–Crippen MR) is 135 cm³/mol. The molecule has 0 fully saturated rings. The minimum Gasteiger partial charge on any atom is -0.332 e. The van der Waals surface area contributed by atoms with Crippen molar-refractivity contribution in [2.75, 3.05) is 23.6 Å². The lowest BCUT2D eigenvalue weighted by Gasteiger charge is -2.18. The lowest BCUT2D eigenvalue weighted by atomic mass is 10.1. The van der Waals surface area contributed by atoms with Gasteiger partial charge < -0.3 is 10.2 Å². The largest absolute Gasteiger partial charge is 0.332 e. The third-order valence-corrected chi connectivity index (χ3v) is 7.02. The Balaban J connectivity index is 1.65. The number of hydrogen-bond acceptors (Lipinski definition) is 4. The molecule has 178 valence electrons. The molecule has 0 atom stereocenters. The van der Waals surface area contributed by atoms with Crippen LogP contribution in [0.5, 0.6) is 0 Å². The summed E-state index contributed by atoms with van der Waals surface area (Å²) in [4.78, 5) is 26.7. The van der Waals surface area contributed by atoms with Crippen LogP contribution >= 0.6 is 0 Å². The summed E-state index contributed by atoms with van der Waals surface area (Å²) >= 11 is 0. The summed E-state index contributed by atoms with van der Waals surface area (Å²) in [6.07, 6.45) is 0. The first-order valence-corrected chi connectivity index (χ1v) is 12.3.